The van der Waals surface area contributed by atoms with Crippen LogP contribution in [0.4, 0.5) is 0 Å². The van der Waals surface area contributed by atoms with Crippen LogP contribution in [0.15, 0.2) is 40.2 Å². The highest BCUT2D eigenvalue weighted by atomic mass is 32.1. The van der Waals surface area contributed by atoms with Gasteiger partial charge in [0.2, 0.25) is 0 Å². The van der Waals surface area contributed by atoms with Gasteiger partial charge in [-0.1, -0.05) is 11.2 Å². The second-order valence-electron chi connectivity index (χ2n) is 6.67. The lowest BCUT2D eigenvalue weighted by Crippen LogP contribution is -2.34. The van der Waals surface area contributed by atoms with E-state index in [0.29, 0.717) is 12.4 Å². The summed E-state index contributed by atoms with van der Waals surface area (Å²) in [6.07, 6.45) is 2.12. The molecule has 0 radical (unpaired) electrons. The number of aryl methyl sites for hydroxylation is 2. The van der Waals surface area contributed by atoms with E-state index in [2.05, 4.69) is 10.5 Å². The van der Waals surface area contributed by atoms with Gasteiger partial charge in [0, 0.05) is 28.4 Å². The SMILES string of the molecule is Cc1cc(-n2c(C)cc(/C=C/C(=O)OC(C)C(=O)NCc3cccs3)c2C)no1. The Kier molecular flexibility index (Phi) is 6.33. The van der Waals surface area contributed by atoms with Crippen LogP contribution in [-0.4, -0.2) is 27.7 Å². The predicted octanol–water partition coefficient (Wildman–Crippen LogP) is 3.71. The van der Waals surface area contributed by atoms with Crippen LogP contribution in [0.2, 0.25) is 0 Å². The van der Waals surface area contributed by atoms with Crippen LogP contribution in [0.1, 0.15) is 34.5 Å². The van der Waals surface area contributed by atoms with Crippen molar-refractivity contribution in [1.29, 1.82) is 0 Å². The smallest absolute Gasteiger partial charge is 0.331 e. The number of hydrogen-bond donors (Lipinski definition) is 1. The fourth-order valence-corrected chi connectivity index (χ4v) is 3.57. The predicted molar refractivity (Wildman–Crippen MR) is 111 cm³/mol. The van der Waals surface area contributed by atoms with E-state index in [1.165, 1.54) is 6.08 Å². The van der Waals surface area contributed by atoms with Crippen molar-refractivity contribution in [1.82, 2.24) is 15.0 Å². The molecule has 1 unspecified atom stereocenters. The van der Waals surface area contributed by atoms with E-state index in [-0.39, 0.29) is 5.91 Å². The zero-order valence-electron chi connectivity index (χ0n) is 16.8. The molecular weight excluding hydrogens is 390 g/mol. The third-order valence-electron chi connectivity index (χ3n) is 4.39. The molecule has 0 aliphatic heterocycles. The summed E-state index contributed by atoms with van der Waals surface area (Å²) >= 11 is 1.55. The molecule has 0 aliphatic carbocycles. The summed E-state index contributed by atoms with van der Waals surface area (Å²) in [6, 6.07) is 7.64. The quantitative estimate of drug-likeness (QED) is 0.471. The van der Waals surface area contributed by atoms with Crippen molar-refractivity contribution in [3.05, 3.63) is 63.3 Å². The van der Waals surface area contributed by atoms with Crippen molar-refractivity contribution in [3.63, 3.8) is 0 Å². The Morgan fingerprint density at radius 2 is 2.14 bits per heavy atom. The fourth-order valence-electron chi connectivity index (χ4n) is 2.92. The van der Waals surface area contributed by atoms with Crippen molar-refractivity contribution in [2.45, 2.75) is 40.3 Å². The molecule has 3 heterocycles. The summed E-state index contributed by atoms with van der Waals surface area (Å²) in [6.45, 7) is 7.69. The van der Waals surface area contributed by atoms with Crippen LogP contribution in [-0.2, 0) is 20.9 Å². The Morgan fingerprint density at radius 3 is 2.79 bits per heavy atom. The molecule has 3 rings (SSSR count). The third kappa shape index (κ3) is 5.03. The van der Waals surface area contributed by atoms with Gasteiger partial charge in [-0.15, -0.1) is 11.3 Å². The van der Waals surface area contributed by atoms with Gasteiger partial charge in [-0.05, 0) is 56.8 Å². The molecule has 0 saturated heterocycles. The number of amides is 1. The molecule has 1 N–H and O–H groups in total. The molecule has 152 valence electrons. The number of carbonyl (C=O) groups excluding carboxylic acids is 2. The molecule has 3 aromatic heterocycles. The molecule has 0 spiro atoms. The first-order valence-electron chi connectivity index (χ1n) is 9.16. The summed E-state index contributed by atoms with van der Waals surface area (Å²) in [7, 11) is 0. The third-order valence-corrected chi connectivity index (χ3v) is 5.27. The summed E-state index contributed by atoms with van der Waals surface area (Å²) in [4.78, 5) is 25.2. The molecule has 0 saturated carbocycles. The topological polar surface area (TPSA) is 86.4 Å². The van der Waals surface area contributed by atoms with E-state index in [1.807, 2.05) is 55.0 Å². The Morgan fingerprint density at radius 1 is 1.34 bits per heavy atom. The molecule has 7 nitrogen and oxygen atoms in total. The van der Waals surface area contributed by atoms with E-state index in [1.54, 1.807) is 24.3 Å². The summed E-state index contributed by atoms with van der Waals surface area (Å²) in [5, 5.41) is 8.74. The van der Waals surface area contributed by atoms with Gasteiger partial charge in [-0.2, -0.15) is 0 Å². The normalized spacial score (nSPS) is 12.3. The van der Waals surface area contributed by atoms with Crippen LogP contribution in [0, 0.1) is 20.8 Å². The lowest BCUT2D eigenvalue weighted by molar-refractivity contribution is -0.150. The number of aromatic nitrogens is 2. The minimum atomic E-state index is -0.877. The van der Waals surface area contributed by atoms with Gasteiger partial charge < -0.3 is 14.6 Å². The molecule has 0 aliphatic rings. The zero-order chi connectivity index (χ0) is 21.0. The number of nitrogens with zero attached hydrogens (tertiary/aromatic N) is 2. The molecule has 29 heavy (non-hydrogen) atoms. The number of carbonyl (C=O) groups is 2. The molecule has 1 amide bonds. The number of ether oxygens (including phenoxy) is 1. The van der Waals surface area contributed by atoms with Crippen molar-refractivity contribution in [3.8, 4) is 5.82 Å². The average Bonchev–Trinajstić information content (AvgIpc) is 3.39. The molecular formula is C21H23N3O4S. The Labute approximate surface area is 173 Å². The van der Waals surface area contributed by atoms with Gasteiger partial charge in [-0.3, -0.25) is 9.36 Å². The number of hydrogen-bond acceptors (Lipinski definition) is 6. The summed E-state index contributed by atoms with van der Waals surface area (Å²) in [5.74, 6) is 0.501. The van der Waals surface area contributed by atoms with Gasteiger partial charge in [0.15, 0.2) is 11.9 Å². The molecule has 0 aromatic carbocycles. The van der Waals surface area contributed by atoms with Gasteiger partial charge in [0.25, 0.3) is 5.91 Å². The minimum absolute atomic E-state index is 0.334. The van der Waals surface area contributed by atoms with E-state index in [9.17, 15) is 9.59 Å². The van der Waals surface area contributed by atoms with Crippen LogP contribution in [0.3, 0.4) is 0 Å². The lowest BCUT2D eigenvalue weighted by atomic mass is 10.2. The van der Waals surface area contributed by atoms with Crippen LogP contribution < -0.4 is 5.32 Å². The standard InChI is InChI=1S/C21H23N3O4S/c1-13-10-17(15(3)24(13)19-11-14(2)28-23-19)7-8-20(25)27-16(4)21(26)22-12-18-6-5-9-29-18/h5-11,16H,12H2,1-4H3,(H,22,26)/b8-7+. The monoisotopic (exact) mass is 413 g/mol. The first-order chi connectivity index (χ1) is 13.8. The first kappa shape index (κ1) is 20.6. The zero-order valence-corrected chi connectivity index (χ0v) is 17.6. The van der Waals surface area contributed by atoms with Crippen molar-refractivity contribution < 1.29 is 18.8 Å². The Balaban J connectivity index is 1.59. The van der Waals surface area contributed by atoms with Crippen molar-refractivity contribution >= 4 is 29.3 Å². The highest BCUT2D eigenvalue weighted by Crippen LogP contribution is 2.21. The van der Waals surface area contributed by atoms with Crippen LogP contribution in [0.5, 0.6) is 0 Å². The largest absolute Gasteiger partial charge is 0.449 e. The minimum Gasteiger partial charge on any atom is -0.449 e. The summed E-state index contributed by atoms with van der Waals surface area (Å²) in [5.41, 5.74) is 2.74. The van der Waals surface area contributed by atoms with E-state index < -0.39 is 12.1 Å². The molecule has 1 atom stereocenters. The number of nitrogens with one attached hydrogen (secondary N) is 1. The van der Waals surface area contributed by atoms with E-state index >= 15 is 0 Å². The van der Waals surface area contributed by atoms with Crippen LogP contribution >= 0.6 is 11.3 Å². The molecule has 0 bridgehead atoms. The van der Waals surface area contributed by atoms with Gasteiger partial charge in [0.05, 0.1) is 6.54 Å². The van der Waals surface area contributed by atoms with Gasteiger partial charge in [-0.25, -0.2) is 4.79 Å². The second kappa shape index (κ2) is 8.91. The Bertz CT molecular complexity index is 1030. The molecule has 8 heteroatoms. The molecule has 0 fully saturated rings. The maximum atomic E-state index is 12.1. The van der Waals surface area contributed by atoms with E-state index in [0.717, 1.165) is 27.6 Å². The maximum absolute atomic E-state index is 12.1. The number of esters is 1. The fraction of sp³-hybridized carbons (Fsp3) is 0.286. The van der Waals surface area contributed by atoms with Crippen molar-refractivity contribution in [2.75, 3.05) is 0 Å². The number of thiophene rings is 1. The highest BCUT2D eigenvalue weighted by Gasteiger charge is 2.17. The molecule has 3 aromatic rings. The van der Waals surface area contributed by atoms with E-state index in [4.69, 9.17) is 9.26 Å². The van der Waals surface area contributed by atoms with Crippen molar-refractivity contribution in [2.24, 2.45) is 0 Å². The van der Waals surface area contributed by atoms with Gasteiger partial charge in [0.1, 0.15) is 5.76 Å². The van der Waals surface area contributed by atoms with Gasteiger partial charge >= 0.3 is 5.97 Å². The first-order valence-corrected chi connectivity index (χ1v) is 10.0. The highest BCUT2D eigenvalue weighted by molar-refractivity contribution is 7.09. The summed E-state index contributed by atoms with van der Waals surface area (Å²) < 4.78 is 12.3. The number of rotatable bonds is 7. The average molecular weight is 413 g/mol. The second-order valence-corrected chi connectivity index (χ2v) is 7.70. The Hall–Kier alpha value is -3.13. The lowest BCUT2D eigenvalue weighted by Gasteiger charge is -2.11. The maximum Gasteiger partial charge on any atom is 0.331 e. The van der Waals surface area contributed by atoms with Crippen LogP contribution in [0.25, 0.3) is 11.9 Å².